The van der Waals surface area contributed by atoms with Gasteiger partial charge in [-0.25, -0.2) is 0 Å². The van der Waals surface area contributed by atoms with Crippen molar-refractivity contribution in [2.24, 2.45) is 29.6 Å². The van der Waals surface area contributed by atoms with E-state index in [1.165, 1.54) is 103 Å². The molecule has 0 aliphatic heterocycles. The van der Waals surface area contributed by atoms with Crippen LogP contribution in [0.5, 0.6) is 0 Å². The number of hydrogen-bond acceptors (Lipinski definition) is 0. The quantitative estimate of drug-likeness (QED) is 0.386. The van der Waals surface area contributed by atoms with Gasteiger partial charge in [0, 0.05) is 0 Å². The minimum Gasteiger partial charge on any atom is -0.0654 e. The van der Waals surface area contributed by atoms with Crippen LogP contribution in [-0.2, 0) is 0 Å². The van der Waals surface area contributed by atoms with E-state index in [0.717, 1.165) is 29.6 Å². The van der Waals surface area contributed by atoms with Crippen LogP contribution >= 0.6 is 0 Å². The normalized spacial score (nSPS) is 31.9. The van der Waals surface area contributed by atoms with Crippen molar-refractivity contribution in [3.8, 4) is 0 Å². The van der Waals surface area contributed by atoms with Crippen LogP contribution < -0.4 is 0 Å². The zero-order chi connectivity index (χ0) is 20.7. The largest absolute Gasteiger partial charge is 0.0654 e. The van der Waals surface area contributed by atoms with E-state index in [-0.39, 0.29) is 0 Å². The summed E-state index contributed by atoms with van der Waals surface area (Å²) in [5.74, 6) is 5.11. The van der Waals surface area contributed by atoms with Gasteiger partial charge in [0.25, 0.3) is 0 Å². The van der Waals surface area contributed by atoms with Gasteiger partial charge in [0.05, 0.1) is 0 Å². The summed E-state index contributed by atoms with van der Waals surface area (Å²) in [7, 11) is 0. The summed E-state index contributed by atoms with van der Waals surface area (Å²) in [4.78, 5) is 0. The Balaban J connectivity index is 1.85. The average molecular weight is 405 g/mol. The highest BCUT2D eigenvalue weighted by Gasteiger charge is 2.28. The molecular formula is C29H56. The first kappa shape index (κ1) is 25.3. The van der Waals surface area contributed by atoms with Crippen LogP contribution in [0.2, 0.25) is 0 Å². The Morgan fingerprint density at radius 3 is 1.69 bits per heavy atom. The Bertz CT molecular complexity index is 362. The van der Waals surface area contributed by atoms with Gasteiger partial charge in [-0.1, -0.05) is 130 Å². The zero-order valence-electron chi connectivity index (χ0n) is 20.7. The molecule has 172 valence electrons. The predicted octanol–water partition coefficient (Wildman–Crippen LogP) is 10.3. The van der Waals surface area contributed by atoms with E-state index in [2.05, 4.69) is 20.8 Å². The first-order valence-electron chi connectivity index (χ1n) is 14.2. The minimum absolute atomic E-state index is 0.910. The second-order valence-electron chi connectivity index (χ2n) is 11.4. The second kappa shape index (κ2) is 15.8. The van der Waals surface area contributed by atoms with Crippen molar-refractivity contribution in [2.45, 2.75) is 156 Å². The van der Waals surface area contributed by atoms with E-state index < -0.39 is 0 Å². The van der Waals surface area contributed by atoms with E-state index in [1.54, 1.807) is 32.1 Å². The van der Waals surface area contributed by atoms with Crippen LogP contribution in [0, 0.1) is 29.6 Å². The van der Waals surface area contributed by atoms with Gasteiger partial charge in [-0.2, -0.15) is 0 Å². The lowest BCUT2D eigenvalue weighted by Crippen LogP contribution is -2.24. The van der Waals surface area contributed by atoms with Crippen molar-refractivity contribution in [3.63, 3.8) is 0 Å². The Labute approximate surface area is 185 Å². The van der Waals surface area contributed by atoms with Crippen LogP contribution in [0.1, 0.15) is 156 Å². The van der Waals surface area contributed by atoms with Gasteiger partial charge in [-0.3, -0.25) is 0 Å². The van der Waals surface area contributed by atoms with Crippen molar-refractivity contribution < 1.29 is 0 Å². The maximum absolute atomic E-state index is 2.45. The molecule has 2 unspecified atom stereocenters. The van der Waals surface area contributed by atoms with Crippen LogP contribution in [0.3, 0.4) is 0 Å². The summed E-state index contributed by atoms with van der Waals surface area (Å²) in [6, 6.07) is 0. The van der Waals surface area contributed by atoms with E-state index in [4.69, 9.17) is 0 Å². The molecule has 0 nitrogen and oxygen atoms in total. The average Bonchev–Trinajstić information content (AvgIpc) is 2.73. The molecule has 0 heteroatoms. The minimum atomic E-state index is 0.910. The summed E-state index contributed by atoms with van der Waals surface area (Å²) in [6.07, 6.45) is 31.8. The van der Waals surface area contributed by atoms with Crippen molar-refractivity contribution in [3.05, 3.63) is 0 Å². The fourth-order valence-electron chi connectivity index (χ4n) is 6.58. The number of hydrogen-bond donors (Lipinski definition) is 0. The van der Waals surface area contributed by atoms with Crippen LogP contribution in [0.15, 0.2) is 0 Å². The molecular weight excluding hydrogens is 348 g/mol. The molecule has 0 aromatic carbocycles. The van der Waals surface area contributed by atoms with Gasteiger partial charge in [0.1, 0.15) is 0 Å². The van der Waals surface area contributed by atoms with Crippen molar-refractivity contribution >= 4 is 0 Å². The number of unbranched alkanes of at least 4 members (excludes halogenated alkanes) is 2. The monoisotopic (exact) mass is 404 g/mol. The third-order valence-electron chi connectivity index (χ3n) is 8.77. The molecule has 29 heavy (non-hydrogen) atoms. The fourth-order valence-corrected chi connectivity index (χ4v) is 6.58. The third-order valence-corrected chi connectivity index (χ3v) is 8.77. The molecule has 0 bridgehead atoms. The Hall–Kier alpha value is 0. The van der Waals surface area contributed by atoms with E-state index >= 15 is 0 Å². The maximum atomic E-state index is 2.45. The first-order chi connectivity index (χ1) is 14.2. The molecule has 2 atom stereocenters. The maximum Gasteiger partial charge on any atom is -0.0386 e. The third kappa shape index (κ3) is 10.7. The summed E-state index contributed by atoms with van der Waals surface area (Å²) in [5.41, 5.74) is 0. The van der Waals surface area contributed by atoms with Crippen molar-refractivity contribution in [1.82, 2.24) is 0 Å². The van der Waals surface area contributed by atoms with Gasteiger partial charge in [-0.15, -0.1) is 0 Å². The van der Waals surface area contributed by atoms with Gasteiger partial charge >= 0.3 is 0 Å². The lowest BCUT2D eigenvalue weighted by atomic mass is 9.70. The molecule has 2 rings (SSSR count). The highest BCUT2D eigenvalue weighted by Crippen LogP contribution is 2.40. The summed E-state index contributed by atoms with van der Waals surface area (Å²) < 4.78 is 0. The van der Waals surface area contributed by atoms with Crippen molar-refractivity contribution in [2.75, 3.05) is 0 Å². The van der Waals surface area contributed by atoms with Crippen LogP contribution in [0.25, 0.3) is 0 Å². The van der Waals surface area contributed by atoms with Crippen LogP contribution in [0.4, 0.5) is 0 Å². The molecule has 0 radical (unpaired) electrons. The molecule has 2 fully saturated rings. The second-order valence-corrected chi connectivity index (χ2v) is 11.4. The molecule has 0 aromatic heterocycles. The molecule has 0 saturated heterocycles. The van der Waals surface area contributed by atoms with Gasteiger partial charge < -0.3 is 0 Å². The highest BCUT2D eigenvalue weighted by molar-refractivity contribution is 4.80. The van der Waals surface area contributed by atoms with Crippen molar-refractivity contribution in [1.29, 1.82) is 0 Å². The zero-order valence-corrected chi connectivity index (χ0v) is 20.7. The Morgan fingerprint density at radius 1 is 0.552 bits per heavy atom. The molecule has 0 aromatic rings. The SMILES string of the molecule is CCCCCC1CCCCCCCCCCC(C2CCC(C(C)C)CC2)CCC1. The van der Waals surface area contributed by atoms with Gasteiger partial charge in [-0.05, 0) is 55.3 Å². The van der Waals surface area contributed by atoms with E-state index in [9.17, 15) is 0 Å². The molecule has 0 amide bonds. The Kier molecular flexibility index (Phi) is 13.7. The van der Waals surface area contributed by atoms with E-state index in [0.29, 0.717) is 0 Å². The number of rotatable bonds is 6. The van der Waals surface area contributed by atoms with Crippen LogP contribution in [-0.4, -0.2) is 0 Å². The summed E-state index contributed by atoms with van der Waals surface area (Å²) in [6.45, 7) is 7.26. The summed E-state index contributed by atoms with van der Waals surface area (Å²) in [5, 5.41) is 0. The van der Waals surface area contributed by atoms with Gasteiger partial charge in [0.15, 0.2) is 0 Å². The first-order valence-corrected chi connectivity index (χ1v) is 14.2. The van der Waals surface area contributed by atoms with Gasteiger partial charge in [0.2, 0.25) is 0 Å². The molecule has 0 spiro atoms. The highest BCUT2D eigenvalue weighted by atomic mass is 14.3. The molecule has 2 aliphatic carbocycles. The smallest absolute Gasteiger partial charge is 0.0386 e. The lowest BCUT2D eigenvalue weighted by molar-refractivity contribution is 0.156. The van der Waals surface area contributed by atoms with E-state index in [1.807, 2.05) is 0 Å². The summed E-state index contributed by atoms with van der Waals surface area (Å²) >= 11 is 0. The fraction of sp³-hybridized carbons (Fsp3) is 1.00. The predicted molar refractivity (Wildman–Crippen MR) is 131 cm³/mol. The molecule has 2 saturated carbocycles. The molecule has 2 aliphatic rings. The topological polar surface area (TPSA) is 0 Å². The lowest BCUT2D eigenvalue weighted by Gasteiger charge is -2.36. The molecule has 0 N–H and O–H groups in total. The Morgan fingerprint density at radius 2 is 1.07 bits per heavy atom. The standard InChI is InChI=1S/C29H56/c1-4-5-12-16-26-17-13-10-8-6-7-9-11-14-19-28(20-15-18-26)29-23-21-27(22-24-29)25(2)3/h25-29H,4-24H2,1-3H3. The molecule has 0 heterocycles.